The van der Waals surface area contributed by atoms with Crippen LogP contribution in [0.25, 0.3) is 11.1 Å². The second-order valence-corrected chi connectivity index (χ2v) is 12.3. The fraction of sp³-hybridized carbons (Fsp3) is 0.550. The first-order chi connectivity index (χ1) is 24.1. The van der Waals surface area contributed by atoms with Crippen LogP contribution < -0.4 is 0 Å². The van der Waals surface area contributed by atoms with E-state index in [1.165, 1.54) is 9.80 Å². The zero-order valence-corrected chi connectivity index (χ0v) is 31.5. The van der Waals surface area contributed by atoms with Crippen LogP contribution in [0, 0.1) is 11.8 Å². The minimum absolute atomic E-state index is 0.177. The first-order valence-electron chi connectivity index (χ1n) is 18.5. The summed E-state index contributed by atoms with van der Waals surface area (Å²) in [5, 5.41) is 8.35. The van der Waals surface area contributed by atoms with Gasteiger partial charge in [-0.15, -0.1) is 0 Å². The monoisotopic (exact) mass is 690 g/mol. The molecular weight excluding hydrogens is 632 g/mol. The zero-order valence-electron chi connectivity index (χ0n) is 31.5. The molecule has 0 bridgehead atoms. The van der Waals surface area contributed by atoms with E-state index in [1.54, 1.807) is 36.4 Å². The summed E-state index contributed by atoms with van der Waals surface area (Å²) in [6.45, 7) is 17.5. The number of oxime groups is 2. The van der Waals surface area contributed by atoms with Gasteiger partial charge in [0.05, 0.1) is 0 Å². The highest BCUT2D eigenvalue weighted by molar-refractivity contribution is 6.47. The quantitative estimate of drug-likeness (QED) is 0.0557. The maximum Gasteiger partial charge on any atom is 0.435 e. The van der Waals surface area contributed by atoms with Crippen LogP contribution in [0.3, 0.4) is 0 Å². The van der Waals surface area contributed by atoms with Crippen LogP contribution in [-0.4, -0.2) is 71.2 Å². The van der Waals surface area contributed by atoms with Gasteiger partial charge in [0.1, 0.15) is 11.4 Å². The van der Waals surface area contributed by atoms with E-state index in [-0.39, 0.29) is 34.8 Å². The van der Waals surface area contributed by atoms with E-state index in [2.05, 4.69) is 24.2 Å². The first kappa shape index (κ1) is 41.8. The van der Waals surface area contributed by atoms with Crippen LogP contribution in [0.15, 0.2) is 58.8 Å². The summed E-state index contributed by atoms with van der Waals surface area (Å²) < 4.78 is 0. The average molecular weight is 691 g/mol. The number of carbonyl (C=O) groups excluding carboxylic acids is 4. The molecule has 0 fully saturated rings. The molecule has 50 heavy (non-hydrogen) atoms. The SMILES string of the molecule is CCCCC(CC)/C(=N\OC(=O)N(CC)CC)C(=O)c1cccc(-c2cccc(C(=O)/C(=N/OC(=O)N(CC)CC)C(CC)CCCC)c2)c1. The minimum atomic E-state index is -0.591. The summed E-state index contributed by atoms with van der Waals surface area (Å²) in [7, 11) is 0. The Kier molecular flexibility index (Phi) is 18.7. The second kappa shape index (κ2) is 22.4. The molecule has 0 N–H and O–H groups in total. The smallest absolute Gasteiger partial charge is 0.307 e. The second-order valence-electron chi connectivity index (χ2n) is 12.3. The van der Waals surface area contributed by atoms with Crippen molar-refractivity contribution in [1.82, 2.24) is 9.80 Å². The largest absolute Gasteiger partial charge is 0.435 e. The molecule has 0 heterocycles. The number of hydrogen-bond acceptors (Lipinski definition) is 8. The molecule has 0 saturated carbocycles. The summed E-state index contributed by atoms with van der Waals surface area (Å²) in [5.41, 5.74) is 2.72. The molecule has 2 unspecified atom stereocenters. The molecule has 0 radical (unpaired) electrons. The standard InChI is InChI=1S/C40H58N4O6/c1-9-17-21-29(11-3)35(41-49-39(47)43(13-5)14-6)37(45)33-25-19-23-31(27-33)32-24-20-26-34(28-32)38(46)36(30(12-4)22-18-10-2)42-50-40(48)44(15-7)16-8/h19-20,23-30H,9-18,21-22H2,1-8H3/b41-35+,42-36+. The van der Waals surface area contributed by atoms with E-state index < -0.39 is 12.2 Å². The molecule has 2 aromatic rings. The summed E-state index contributed by atoms with van der Waals surface area (Å²) in [5.74, 6) is -0.963. The highest BCUT2D eigenvalue weighted by Gasteiger charge is 2.27. The number of rotatable bonds is 21. The molecule has 10 nitrogen and oxygen atoms in total. The van der Waals surface area contributed by atoms with Crippen LogP contribution in [-0.2, 0) is 9.68 Å². The van der Waals surface area contributed by atoms with Gasteiger partial charge in [0.2, 0.25) is 11.6 Å². The molecule has 2 aromatic carbocycles. The van der Waals surface area contributed by atoms with Gasteiger partial charge in [-0.2, -0.15) is 0 Å². The van der Waals surface area contributed by atoms with Gasteiger partial charge >= 0.3 is 12.2 Å². The Balaban J connectivity index is 2.53. The van der Waals surface area contributed by atoms with Crippen molar-refractivity contribution < 1.29 is 28.9 Å². The Hall–Kier alpha value is -4.34. The van der Waals surface area contributed by atoms with Gasteiger partial charge in [-0.1, -0.05) is 100 Å². The topological polar surface area (TPSA) is 118 Å². The molecule has 10 heteroatoms. The predicted octanol–water partition coefficient (Wildman–Crippen LogP) is 9.82. The fourth-order valence-corrected chi connectivity index (χ4v) is 5.80. The van der Waals surface area contributed by atoms with Crippen molar-refractivity contribution in [3.05, 3.63) is 59.7 Å². The Morgan fingerprint density at radius 1 is 0.580 bits per heavy atom. The van der Waals surface area contributed by atoms with Gasteiger partial charge in [-0.05, 0) is 76.6 Å². The van der Waals surface area contributed by atoms with Crippen molar-refractivity contribution >= 4 is 35.2 Å². The van der Waals surface area contributed by atoms with E-state index in [4.69, 9.17) is 9.68 Å². The van der Waals surface area contributed by atoms with Gasteiger partial charge in [0.25, 0.3) is 0 Å². The van der Waals surface area contributed by atoms with Gasteiger partial charge in [-0.25, -0.2) is 9.59 Å². The number of ketones is 2. The fourth-order valence-electron chi connectivity index (χ4n) is 5.80. The normalized spacial score (nSPS) is 13.0. The lowest BCUT2D eigenvalue weighted by Gasteiger charge is -2.19. The van der Waals surface area contributed by atoms with Crippen molar-refractivity contribution in [3.63, 3.8) is 0 Å². The highest BCUT2D eigenvalue weighted by Crippen LogP contribution is 2.26. The van der Waals surface area contributed by atoms with Crippen molar-refractivity contribution in [2.24, 2.45) is 22.1 Å². The third-order valence-corrected chi connectivity index (χ3v) is 9.11. The lowest BCUT2D eigenvalue weighted by molar-refractivity contribution is 0.0998. The molecule has 2 atom stereocenters. The summed E-state index contributed by atoms with van der Waals surface area (Å²) >= 11 is 0. The average Bonchev–Trinajstić information content (AvgIpc) is 3.14. The molecular formula is C40H58N4O6. The lowest BCUT2D eigenvalue weighted by atomic mass is 9.88. The Labute approximate surface area is 299 Å². The number of benzene rings is 2. The first-order valence-corrected chi connectivity index (χ1v) is 18.5. The van der Waals surface area contributed by atoms with Gasteiger partial charge in [0.15, 0.2) is 0 Å². The Morgan fingerprint density at radius 2 is 0.940 bits per heavy atom. The third-order valence-electron chi connectivity index (χ3n) is 9.11. The van der Waals surface area contributed by atoms with Crippen molar-refractivity contribution in [2.75, 3.05) is 26.2 Å². The third kappa shape index (κ3) is 11.9. The number of nitrogens with zero attached hydrogens (tertiary/aromatic N) is 4. The van der Waals surface area contributed by atoms with Crippen LogP contribution in [0.1, 0.15) is 127 Å². The molecule has 0 spiro atoms. The Morgan fingerprint density at radius 3 is 1.24 bits per heavy atom. The number of carbonyl (C=O) groups is 4. The molecule has 0 aromatic heterocycles. The van der Waals surface area contributed by atoms with Crippen LogP contribution >= 0.6 is 0 Å². The molecule has 0 aliphatic heterocycles. The molecule has 2 rings (SSSR count). The number of Topliss-reactive ketones (excluding diaryl/α,β-unsaturated/α-hetero) is 2. The van der Waals surface area contributed by atoms with Gasteiger partial charge in [-0.3, -0.25) is 19.3 Å². The van der Waals surface area contributed by atoms with E-state index in [0.717, 1.165) is 49.7 Å². The van der Waals surface area contributed by atoms with Crippen molar-refractivity contribution in [3.8, 4) is 11.1 Å². The highest BCUT2D eigenvalue weighted by atomic mass is 16.7. The molecule has 0 aliphatic rings. The molecule has 0 aliphatic carbocycles. The lowest BCUT2D eigenvalue weighted by Crippen LogP contribution is -2.31. The zero-order chi connectivity index (χ0) is 37.1. The molecule has 2 amide bonds. The number of hydrogen-bond donors (Lipinski definition) is 0. The maximum absolute atomic E-state index is 14.0. The van der Waals surface area contributed by atoms with E-state index in [9.17, 15) is 19.2 Å². The van der Waals surface area contributed by atoms with E-state index in [1.807, 2.05) is 53.7 Å². The maximum atomic E-state index is 14.0. The van der Waals surface area contributed by atoms with Crippen LogP contribution in [0.4, 0.5) is 9.59 Å². The minimum Gasteiger partial charge on any atom is -0.307 e. The van der Waals surface area contributed by atoms with E-state index >= 15 is 0 Å². The molecule has 0 saturated heterocycles. The van der Waals surface area contributed by atoms with Crippen molar-refractivity contribution in [2.45, 2.75) is 107 Å². The van der Waals surface area contributed by atoms with Crippen LogP contribution in [0.2, 0.25) is 0 Å². The van der Waals surface area contributed by atoms with Crippen LogP contribution in [0.5, 0.6) is 0 Å². The summed E-state index contributed by atoms with van der Waals surface area (Å²) in [4.78, 5) is 67.0. The van der Waals surface area contributed by atoms with Gasteiger partial charge < -0.3 is 9.80 Å². The van der Waals surface area contributed by atoms with Crippen molar-refractivity contribution in [1.29, 1.82) is 0 Å². The summed E-state index contributed by atoms with van der Waals surface area (Å²) in [6, 6.07) is 14.3. The summed E-state index contributed by atoms with van der Waals surface area (Å²) in [6.07, 6.45) is 5.39. The Bertz CT molecular complexity index is 1350. The number of amides is 2. The van der Waals surface area contributed by atoms with E-state index in [0.29, 0.717) is 50.1 Å². The molecule has 274 valence electrons. The predicted molar refractivity (Wildman–Crippen MR) is 201 cm³/mol. The number of unbranched alkanes of at least 4 members (excludes halogenated alkanes) is 2. The van der Waals surface area contributed by atoms with Gasteiger partial charge in [0, 0.05) is 49.1 Å².